The Labute approximate surface area is 158 Å². The first-order valence-electron chi connectivity index (χ1n) is 8.77. The third kappa shape index (κ3) is 5.07. The number of rotatable bonds is 7. The molecule has 0 bridgehead atoms. The Morgan fingerprint density at radius 2 is 1.59 bits per heavy atom. The summed E-state index contributed by atoms with van der Waals surface area (Å²) in [6.45, 7) is 5.30. The van der Waals surface area contributed by atoms with Crippen LogP contribution in [-0.4, -0.2) is 4.92 Å². The first-order valence-corrected chi connectivity index (χ1v) is 8.77. The summed E-state index contributed by atoms with van der Waals surface area (Å²) in [5, 5.41) is 14.1. The van der Waals surface area contributed by atoms with Gasteiger partial charge in [-0.15, -0.1) is 0 Å². The number of nitrogens with one attached hydrogen (secondary N) is 1. The highest BCUT2D eigenvalue weighted by Crippen LogP contribution is 2.19. The van der Waals surface area contributed by atoms with Crippen molar-refractivity contribution in [3.63, 3.8) is 0 Å². The van der Waals surface area contributed by atoms with E-state index in [1.165, 1.54) is 28.8 Å². The Hall–Kier alpha value is -3.34. The third-order valence-corrected chi connectivity index (χ3v) is 4.35. The molecule has 0 spiro atoms. The van der Waals surface area contributed by atoms with Gasteiger partial charge in [0.25, 0.3) is 5.69 Å². The second-order valence-electron chi connectivity index (χ2n) is 6.53. The smallest absolute Gasteiger partial charge is 0.269 e. The molecule has 27 heavy (non-hydrogen) atoms. The van der Waals surface area contributed by atoms with Crippen LogP contribution in [0.1, 0.15) is 22.3 Å². The molecule has 0 aliphatic carbocycles. The Balaban J connectivity index is 1.54. The van der Waals surface area contributed by atoms with Crippen molar-refractivity contribution in [1.29, 1.82) is 0 Å². The van der Waals surface area contributed by atoms with Gasteiger partial charge in [0, 0.05) is 24.4 Å². The Kier molecular flexibility index (Phi) is 5.71. The number of nitro groups is 1. The number of aryl methyl sites for hydroxylation is 2. The zero-order chi connectivity index (χ0) is 19.2. The lowest BCUT2D eigenvalue weighted by atomic mass is 10.1. The second-order valence-corrected chi connectivity index (χ2v) is 6.53. The minimum absolute atomic E-state index is 0.0828. The molecule has 3 aromatic carbocycles. The Morgan fingerprint density at radius 3 is 2.26 bits per heavy atom. The standard InChI is InChI=1S/C22H22N2O3/c1-16-3-4-17(2)22(13-16)23-14-18-7-11-21(12-8-18)27-15-19-5-9-20(10-6-19)24(25)26/h3-13,23H,14-15H2,1-2H3. The number of nitrogens with zero attached hydrogens (tertiary/aromatic N) is 1. The van der Waals surface area contributed by atoms with Gasteiger partial charge in [0.2, 0.25) is 0 Å². The summed E-state index contributed by atoms with van der Waals surface area (Å²) < 4.78 is 5.75. The van der Waals surface area contributed by atoms with Crippen molar-refractivity contribution in [3.8, 4) is 5.75 Å². The topological polar surface area (TPSA) is 64.4 Å². The predicted molar refractivity (Wildman–Crippen MR) is 107 cm³/mol. The van der Waals surface area contributed by atoms with Crippen LogP contribution in [0.25, 0.3) is 0 Å². The van der Waals surface area contributed by atoms with Gasteiger partial charge < -0.3 is 10.1 Å². The molecule has 0 radical (unpaired) electrons. The predicted octanol–water partition coefficient (Wildman–Crippen LogP) is 5.40. The molecule has 1 N–H and O–H groups in total. The number of nitro benzene ring substituents is 1. The molecule has 0 aliphatic heterocycles. The molecule has 3 rings (SSSR count). The third-order valence-electron chi connectivity index (χ3n) is 4.35. The largest absolute Gasteiger partial charge is 0.489 e. The summed E-state index contributed by atoms with van der Waals surface area (Å²) >= 11 is 0. The number of hydrogen-bond donors (Lipinski definition) is 1. The van der Waals surface area contributed by atoms with Gasteiger partial charge in [0.1, 0.15) is 12.4 Å². The van der Waals surface area contributed by atoms with E-state index in [-0.39, 0.29) is 5.69 Å². The molecular formula is C22H22N2O3. The fourth-order valence-electron chi connectivity index (χ4n) is 2.71. The minimum Gasteiger partial charge on any atom is -0.489 e. The normalized spacial score (nSPS) is 10.4. The van der Waals surface area contributed by atoms with Crippen LogP contribution >= 0.6 is 0 Å². The zero-order valence-corrected chi connectivity index (χ0v) is 15.4. The van der Waals surface area contributed by atoms with Crippen LogP contribution in [0, 0.1) is 24.0 Å². The highest BCUT2D eigenvalue weighted by Gasteiger charge is 2.04. The van der Waals surface area contributed by atoms with E-state index >= 15 is 0 Å². The molecule has 0 atom stereocenters. The minimum atomic E-state index is -0.407. The number of benzene rings is 3. The summed E-state index contributed by atoms with van der Waals surface area (Å²) in [7, 11) is 0. The quantitative estimate of drug-likeness (QED) is 0.451. The average molecular weight is 362 g/mol. The van der Waals surface area contributed by atoms with Gasteiger partial charge in [-0.05, 0) is 66.4 Å². The number of non-ortho nitro benzene ring substituents is 1. The summed E-state index contributed by atoms with van der Waals surface area (Å²) in [5.41, 5.74) is 5.74. The fraction of sp³-hybridized carbons (Fsp3) is 0.182. The number of ether oxygens (including phenoxy) is 1. The van der Waals surface area contributed by atoms with E-state index in [0.717, 1.165) is 23.5 Å². The van der Waals surface area contributed by atoms with Gasteiger partial charge >= 0.3 is 0 Å². The van der Waals surface area contributed by atoms with Crippen molar-refractivity contribution in [3.05, 3.63) is 99.1 Å². The van der Waals surface area contributed by atoms with Crippen LogP contribution in [0.15, 0.2) is 66.7 Å². The molecule has 3 aromatic rings. The first kappa shape index (κ1) is 18.5. The highest BCUT2D eigenvalue weighted by atomic mass is 16.6. The molecular weight excluding hydrogens is 340 g/mol. The fourth-order valence-corrected chi connectivity index (χ4v) is 2.71. The molecule has 0 unspecified atom stereocenters. The molecule has 0 saturated carbocycles. The van der Waals surface area contributed by atoms with Crippen LogP contribution < -0.4 is 10.1 Å². The molecule has 0 aliphatic rings. The van der Waals surface area contributed by atoms with E-state index in [1.54, 1.807) is 12.1 Å². The molecule has 5 heteroatoms. The van der Waals surface area contributed by atoms with Gasteiger partial charge in [-0.1, -0.05) is 24.3 Å². The maximum absolute atomic E-state index is 10.7. The number of hydrogen-bond acceptors (Lipinski definition) is 4. The molecule has 138 valence electrons. The Bertz CT molecular complexity index is 919. The molecule has 0 amide bonds. The summed E-state index contributed by atoms with van der Waals surface area (Å²) in [6, 6.07) is 20.7. The SMILES string of the molecule is Cc1ccc(C)c(NCc2ccc(OCc3ccc([N+](=O)[O-])cc3)cc2)c1. The number of anilines is 1. The Morgan fingerprint density at radius 1 is 0.926 bits per heavy atom. The monoisotopic (exact) mass is 362 g/mol. The lowest BCUT2D eigenvalue weighted by Gasteiger charge is -2.11. The zero-order valence-electron chi connectivity index (χ0n) is 15.4. The van der Waals surface area contributed by atoms with Gasteiger partial charge in [-0.25, -0.2) is 0 Å². The molecule has 0 heterocycles. The lowest BCUT2D eigenvalue weighted by molar-refractivity contribution is -0.384. The van der Waals surface area contributed by atoms with Gasteiger partial charge in [0.15, 0.2) is 0 Å². The van der Waals surface area contributed by atoms with E-state index in [2.05, 4.69) is 37.4 Å². The summed E-state index contributed by atoms with van der Waals surface area (Å²) in [5.74, 6) is 0.767. The maximum Gasteiger partial charge on any atom is 0.269 e. The van der Waals surface area contributed by atoms with Crippen molar-refractivity contribution in [1.82, 2.24) is 0 Å². The van der Waals surface area contributed by atoms with E-state index < -0.39 is 4.92 Å². The van der Waals surface area contributed by atoms with Gasteiger partial charge in [-0.3, -0.25) is 10.1 Å². The van der Waals surface area contributed by atoms with E-state index in [4.69, 9.17) is 4.74 Å². The summed E-state index contributed by atoms with van der Waals surface area (Å²) in [4.78, 5) is 10.3. The first-order chi connectivity index (χ1) is 13.0. The van der Waals surface area contributed by atoms with E-state index in [9.17, 15) is 10.1 Å². The van der Waals surface area contributed by atoms with Gasteiger partial charge in [-0.2, -0.15) is 0 Å². The lowest BCUT2D eigenvalue weighted by Crippen LogP contribution is -2.01. The van der Waals surface area contributed by atoms with Crippen molar-refractivity contribution in [2.45, 2.75) is 27.0 Å². The van der Waals surface area contributed by atoms with Crippen LogP contribution in [0.4, 0.5) is 11.4 Å². The molecule has 0 aromatic heterocycles. The van der Waals surface area contributed by atoms with Crippen molar-refractivity contribution < 1.29 is 9.66 Å². The molecule has 5 nitrogen and oxygen atoms in total. The molecule has 0 fully saturated rings. The van der Waals surface area contributed by atoms with E-state index in [1.807, 2.05) is 24.3 Å². The molecule has 0 saturated heterocycles. The highest BCUT2D eigenvalue weighted by molar-refractivity contribution is 5.52. The van der Waals surface area contributed by atoms with Crippen LogP contribution in [0.5, 0.6) is 5.75 Å². The van der Waals surface area contributed by atoms with E-state index in [0.29, 0.717) is 6.61 Å². The van der Waals surface area contributed by atoms with Crippen molar-refractivity contribution in [2.75, 3.05) is 5.32 Å². The van der Waals surface area contributed by atoms with Crippen LogP contribution in [0.2, 0.25) is 0 Å². The van der Waals surface area contributed by atoms with Gasteiger partial charge in [0.05, 0.1) is 4.92 Å². The second kappa shape index (κ2) is 8.36. The summed E-state index contributed by atoms with van der Waals surface area (Å²) in [6.07, 6.45) is 0. The van der Waals surface area contributed by atoms with Crippen molar-refractivity contribution >= 4 is 11.4 Å². The maximum atomic E-state index is 10.7. The van der Waals surface area contributed by atoms with Crippen LogP contribution in [-0.2, 0) is 13.2 Å². The van der Waals surface area contributed by atoms with Crippen LogP contribution in [0.3, 0.4) is 0 Å². The average Bonchev–Trinajstić information content (AvgIpc) is 2.68. The van der Waals surface area contributed by atoms with Crippen molar-refractivity contribution in [2.24, 2.45) is 0 Å².